The van der Waals surface area contributed by atoms with Gasteiger partial charge >= 0.3 is 39.5 Å². The summed E-state index contributed by atoms with van der Waals surface area (Å²) in [5.41, 5.74) is 0. The molecule has 0 heterocycles. The zero-order valence-electron chi connectivity index (χ0n) is 76.4. The number of unbranched alkanes of at least 4 members (excludes halogenated alkanes) is 58. The highest BCUT2D eigenvalue weighted by atomic mass is 31.2. The highest BCUT2D eigenvalue weighted by Crippen LogP contribution is 2.45. The molecule has 0 saturated heterocycles. The first-order valence-corrected chi connectivity index (χ1v) is 52.2. The predicted molar refractivity (Wildman–Crippen MR) is 478 cm³/mol. The van der Waals surface area contributed by atoms with Gasteiger partial charge in [0.1, 0.15) is 19.3 Å². The number of hydrogen-bond acceptors (Lipinski definition) is 15. The molecule has 0 amide bonds. The summed E-state index contributed by atoms with van der Waals surface area (Å²) in [6, 6.07) is 0. The third kappa shape index (κ3) is 88.2. The summed E-state index contributed by atoms with van der Waals surface area (Å²) in [6.45, 7) is 14.5. The fourth-order valence-electron chi connectivity index (χ4n) is 15.1. The number of phosphoric ester groups is 2. The van der Waals surface area contributed by atoms with Crippen molar-refractivity contribution in [3.8, 4) is 0 Å². The van der Waals surface area contributed by atoms with Crippen LogP contribution >= 0.6 is 15.6 Å². The van der Waals surface area contributed by atoms with E-state index in [9.17, 15) is 43.2 Å². The average molecular weight is 1680 g/mol. The molecule has 0 bridgehead atoms. The molecule has 0 radical (unpaired) electrons. The second-order valence-corrected chi connectivity index (χ2v) is 39.0. The van der Waals surface area contributed by atoms with Crippen LogP contribution in [0, 0.1) is 23.7 Å². The summed E-state index contributed by atoms with van der Waals surface area (Å²) in [5, 5.41) is 10.7. The molecule has 0 aromatic rings. The average Bonchev–Trinajstić information content (AvgIpc) is 0.896. The van der Waals surface area contributed by atoms with E-state index in [1.54, 1.807) is 0 Å². The lowest BCUT2D eigenvalue weighted by atomic mass is 9.99. The van der Waals surface area contributed by atoms with Crippen molar-refractivity contribution in [3.63, 3.8) is 0 Å². The van der Waals surface area contributed by atoms with Gasteiger partial charge in [-0.2, -0.15) is 0 Å². The van der Waals surface area contributed by atoms with Crippen molar-refractivity contribution in [3.05, 3.63) is 0 Å². The van der Waals surface area contributed by atoms with Crippen LogP contribution in [0.25, 0.3) is 0 Å². The van der Waals surface area contributed by atoms with Gasteiger partial charge in [0.25, 0.3) is 0 Å². The molecule has 684 valence electrons. The third-order valence-electron chi connectivity index (χ3n) is 22.9. The molecular weight excluding hydrogens is 1490 g/mol. The van der Waals surface area contributed by atoms with Gasteiger partial charge in [0.2, 0.25) is 0 Å². The molecule has 0 aliphatic rings. The van der Waals surface area contributed by atoms with Gasteiger partial charge in [0.15, 0.2) is 12.2 Å². The quantitative estimate of drug-likeness (QED) is 0.0222. The van der Waals surface area contributed by atoms with Gasteiger partial charge in [0.05, 0.1) is 26.4 Å². The van der Waals surface area contributed by atoms with Gasteiger partial charge in [-0.05, 0) is 49.4 Å². The van der Waals surface area contributed by atoms with Crippen molar-refractivity contribution in [2.24, 2.45) is 23.7 Å². The van der Waals surface area contributed by atoms with Crippen LogP contribution in [0.15, 0.2) is 0 Å². The van der Waals surface area contributed by atoms with Gasteiger partial charge in [-0.15, -0.1) is 0 Å². The van der Waals surface area contributed by atoms with E-state index in [0.717, 1.165) is 114 Å². The van der Waals surface area contributed by atoms with Crippen LogP contribution in [-0.2, 0) is 65.4 Å². The van der Waals surface area contributed by atoms with Gasteiger partial charge in [-0.3, -0.25) is 37.3 Å². The topological polar surface area (TPSA) is 237 Å². The Bertz CT molecular complexity index is 2220. The number of hydrogen-bond donors (Lipinski definition) is 3. The molecule has 0 aromatic carbocycles. The first kappa shape index (κ1) is 113. The predicted octanol–water partition coefficient (Wildman–Crippen LogP) is 29.8. The number of aliphatic hydroxyl groups is 1. The lowest BCUT2D eigenvalue weighted by Gasteiger charge is -2.21. The molecule has 0 spiro atoms. The van der Waals surface area contributed by atoms with Crippen molar-refractivity contribution in [1.29, 1.82) is 0 Å². The zero-order valence-corrected chi connectivity index (χ0v) is 78.2. The van der Waals surface area contributed by atoms with Gasteiger partial charge < -0.3 is 33.8 Å². The Morgan fingerprint density at radius 2 is 0.417 bits per heavy atom. The maximum absolute atomic E-state index is 13.2. The first-order valence-electron chi connectivity index (χ1n) is 49.2. The summed E-state index contributed by atoms with van der Waals surface area (Å²) in [6.07, 6.45) is 78.0. The number of esters is 4. The minimum absolute atomic E-state index is 0.108. The minimum atomic E-state index is -4.97. The van der Waals surface area contributed by atoms with E-state index in [1.807, 2.05) is 0 Å². The fraction of sp³-hybridized carbons (Fsp3) is 0.958. The molecule has 17 nitrogen and oxygen atoms in total. The van der Waals surface area contributed by atoms with Gasteiger partial charge in [-0.1, -0.05) is 460 Å². The molecule has 0 aliphatic carbocycles. The summed E-state index contributed by atoms with van der Waals surface area (Å²) in [5.74, 6) is 1.14. The van der Waals surface area contributed by atoms with Crippen molar-refractivity contribution in [2.75, 3.05) is 39.6 Å². The number of aliphatic hydroxyl groups excluding tert-OH is 1. The highest BCUT2D eigenvalue weighted by Gasteiger charge is 2.31. The molecule has 0 fully saturated rings. The number of rotatable bonds is 93. The summed E-state index contributed by atoms with van der Waals surface area (Å²) in [7, 11) is -9.94. The van der Waals surface area contributed by atoms with Crippen LogP contribution in [-0.4, -0.2) is 96.7 Å². The van der Waals surface area contributed by atoms with E-state index in [4.69, 9.17) is 37.0 Å². The molecular formula is C96H188O17P2. The van der Waals surface area contributed by atoms with Crippen molar-refractivity contribution >= 4 is 39.5 Å². The highest BCUT2D eigenvalue weighted by molar-refractivity contribution is 7.47. The summed E-state index contributed by atoms with van der Waals surface area (Å²) < 4.78 is 69.2. The van der Waals surface area contributed by atoms with Crippen LogP contribution in [0.5, 0.6) is 0 Å². The van der Waals surface area contributed by atoms with Crippen molar-refractivity contribution in [2.45, 2.75) is 530 Å². The lowest BCUT2D eigenvalue weighted by molar-refractivity contribution is -0.161. The monoisotopic (exact) mass is 1680 g/mol. The lowest BCUT2D eigenvalue weighted by Crippen LogP contribution is -2.30. The molecule has 3 N–H and O–H groups in total. The molecule has 0 aliphatic heterocycles. The number of carbonyl (C=O) groups is 4. The molecule has 19 heteroatoms. The van der Waals surface area contributed by atoms with Crippen LogP contribution in [0.1, 0.15) is 511 Å². The van der Waals surface area contributed by atoms with E-state index in [2.05, 4.69) is 55.4 Å². The maximum Gasteiger partial charge on any atom is 0.472 e. The Morgan fingerprint density at radius 1 is 0.243 bits per heavy atom. The van der Waals surface area contributed by atoms with E-state index in [0.29, 0.717) is 25.7 Å². The first-order chi connectivity index (χ1) is 55.6. The molecule has 6 atom stereocenters. The Kier molecular flexibility index (Phi) is 82.9. The van der Waals surface area contributed by atoms with Crippen LogP contribution in [0.2, 0.25) is 0 Å². The van der Waals surface area contributed by atoms with E-state index in [-0.39, 0.29) is 25.7 Å². The van der Waals surface area contributed by atoms with Gasteiger partial charge in [0, 0.05) is 25.7 Å². The zero-order chi connectivity index (χ0) is 84.5. The minimum Gasteiger partial charge on any atom is -0.462 e. The Labute approximate surface area is 708 Å². The van der Waals surface area contributed by atoms with Crippen LogP contribution in [0.3, 0.4) is 0 Å². The van der Waals surface area contributed by atoms with Crippen LogP contribution in [0.4, 0.5) is 0 Å². The van der Waals surface area contributed by atoms with E-state index < -0.39 is 97.5 Å². The summed E-state index contributed by atoms with van der Waals surface area (Å²) >= 11 is 0. The Hall–Kier alpha value is -1.94. The third-order valence-corrected chi connectivity index (χ3v) is 24.8. The van der Waals surface area contributed by atoms with E-state index >= 15 is 0 Å². The second kappa shape index (κ2) is 84.3. The Morgan fingerprint density at radius 3 is 0.617 bits per heavy atom. The van der Waals surface area contributed by atoms with Crippen LogP contribution < -0.4 is 0 Å². The number of phosphoric acid groups is 2. The summed E-state index contributed by atoms with van der Waals surface area (Å²) in [4.78, 5) is 73.6. The largest absolute Gasteiger partial charge is 0.472 e. The molecule has 0 aromatic heterocycles. The van der Waals surface area contributed by atoms with Crippen molar-refractivity contribution in [1.82, 2.24) is 0 Å². The van der Waals surface area contributed by atoms with Crippen molar-refractivity contribution < 1.29 is 80.2 Å². The van der Waals surface area contributed by atoms with Gasteiger partial charge in [-0.25, -0.2) is 9.13 Å². The second-order valence-electron chi connectivity index (χ2n) is 36.1. The molecule has 3 unspecified atom stereocenters. The molecule has 0 saturated carbocycles. The molecule has 0 rings (SSSR count). The standard InChI is InChI=1S/C96H188O17P2/c1-9-89(8)75-67-59-51-42-36-30-24-18-12-15-21-27-33-39-45-55-63-70-78-95(100)112-91(82-106-93(98)76-68-60-52-43-37-31-25-19-13-10-16-22-28-34-40-48-56-64-72-86(2)3)84-110-114(102,103)108-80-90(97)81-109-115(104,105)111-85-92(83-107-94(99)77-69-61-53-47-46-50-58-66-74-88(6)7)113-96(101)79-71-62-54-44-38-32-26-20-14-11-17-23-29-35-41-49-57-65-73-87(4)5/h86-92,97H,9-85H2,1-8H3,(H,102,103)(H,104,105)/t89?,90-,91-,92-/m1/s1. The fourth-order valence-corrected chi connectivity index (χ4v) is 16.6. The normalized spacial score (nSPS) is 14.0. The smallest absolute Gasteiger partial charge is 0.462 e. The SMILES string of the molecule is CCC(C)CCCCCCCCCCCCCCCCCCCCC(=O)O[C@H](COC(=O)CCCCCCCCCCCCCCCCCCCCC(C)C)COP(=O)(O)OC[C@@H](O)COP(=O)(O)OC[C@@H](COC(=O)CCCCCCCCCCC(C)C)OC(=O)CCCCCCCCCCCCCCCCCCCCC(C)C. The molecule has 115 heavy (non-hydrogen) atoms. The maximum atomic E-state index is 13.2. The number of carbonyl (C=O) groups excluding carboxylic acids is 4. The number of ether oxygens (including phenoxy) is 4. The van der Waals surface area contributed by atoms with E-state index in [1.165, 1.54) is 315 Å². The Balaban J connectivity index is 5.22.